The third-order valence-electron chi connectivity index (χ3n) is 5.90. The van der Waals surface area contributed by atoms with Crippen molar-refractivity contribution in [3.63, 3.8) is 0 Å². The quantitative estimate of drug-likeness (QED) is 0.452. The van der Waals surface area contributed by atoms with E-state index in [-0.39, 0.29) is 23.5 Å². The number of aromatic nitrogens is 2. The highest BCUT2D eigenvalue weighted by atomic mass is 19.4. The van der Waals surface area contributed by atoms with E-state index in [1.54, 1.807) is 43.7 Å². The molecule has 1 unspecified atom stereocenters. The Bertz CT molecular complexity index is 1230. The SMILES string of the molecule is CC(C(=O)Nc1cc(C(=O)Cc2ccc(-c3cccnc3)nc2)ccc1OC(F)(F)F)N1CCOCC1. The average Bonchev–Trinajstić information content (AvgIpc) is 2.90. The Hall–Kier alpha value is -3.83. The number of hydrogen-bond acceptors (Lipinski definition) is 7. The molecule has 37 heavy (non-hydrogen) atoms. The van der Waals surface area contributed by atoms with Crippen molar-refractivity contribution in [1.82, 2.24) is 14.9 Å². The molecule has 4 rings (SSSR count). The Morgan fingerprint density at radius 3 is 2.57 bits per heavy atom. The van der Waals surface area contributed by atoms with Gasteiger partial charge in [0, 0.05) is 49.2 Å². The summed E-state index contributed by atoms with van der Waals surface area (Å²) in [5.41, 5.74) is 2.03. The van der Waals surface area contributed by atoms with Crippen LogP contribution in [0.1, 0.15) is 22.8 Å². The summed E-state index contributed by atoms with van der Waals surface area (Å²) in [5.74, 6) is -1.48. The average molecular weight is 515 g/mol. The van der Waals surface area contributed by atoms with Gasteiger partial charge in [-0.15, -0.1) is 13.2 Å². The highest BCUT2D eigenvalue weighted by Crippen LogP contribution is 2.32. The number of carbonyl (C=O) groups is 2. The number of ether oxygens (including phenoxy) is 2. The van der Waals surface area contributed by atoms with Crippen LogP contribution in [-0.4, -0.2) is 65.3 Å². The predicted octanol–water partition coefficient (Wildman–Crippen LogP) is 4.13. The minimum absolute atomic E-state index is 0.0304. The van der Waals surface area contributed by atoms with Crippen molar-refractivity contribution in [2.24, 2.45) is 0 Å². The number of anilines is 1. The molecule has 3 aromatic rings. The smallest absolute Gasteiger partial charge is 0.404 e. The molecule has 0 radical (unpaired) electrons. The highest BCUT2D eigenvalue weighted by molar-refractivity contribution is 6.01. The molecule has 1 amide bonds. The molecule has 11 heteroatoms. The van der Waals surface area contributed by atoms with E-state index in [2.05, 4.69) is 20.0 Å². The van der Waals surface area contributed by atoms with Crippen molar-refractivity contribution >= 4 is 17.4 Å². The lowest BCUT2D eigenvalue weighted by Gasteiger charge is -2.31. The summed E-state index contributed by atoms with van der Waals surface area (Å²) < 4.78 is 48.3. The molecule has 8 nitrogen and oxygen atoms in total. The summed E-state index contributed by atoms with van der Waals surface area (Å²) in [4.78, 5) is 36.0. The molecule has 1 fully saturated rings. The molecule has 3 heterocycles. The van der Waals surface area contributed by atoms with Crippen LogP contribution in [0.2, 0.25) is 0 Å². The number of amides is 1. The number of alkyl halides is 3. The number of nitrogens with one attached hydrogen (secondary N) is 1. The van der Waals surface area contributed by atoms with Crippen LogP contribution in [-0.2, 0) is 16.0 Å². The van der Waals surface area contributed by atoms with Gasteiger partial charge in [0.05, 0.1) is 30.6 Å². The first-order valence-electron chi connectivity index (χ1n) is 11.6. The second kappa shape index (κ2) is 11.5. The molecule has 0 bridgehead atoms. The monoisotopic (exact) mass is 514 g/mol. The van der Waals surface area contributed by atoms with Gasteiger partial charge in [0.2, 0.25) is 5.91 Å². The Balaban J connectivity index is 1.51. The topological polar surface area (TPSA) is 93.7 Å². The normalized spacial score (nSPS) is 15.1. The van der Waals surface area contributed by atoms with E-state index in [1.807, 2.05) is 11.0 Å². The van der Waals surface area contributed by atoms with Gasteiger partial charge >= 0.3 is 6.36 Å². The molecule has 0 spiro atoms. The lowest BCUT2D eigenvalue weighted by Crippen LogP contribution is -2.47. The molecule has 1 aliphatic rings. The zero-order valence-electron chi connectivity index (χ0n) is 20.0. The van der Waals surface area contributed by atoms with Gasteiger partial charge in [-0.05, 0) is 48.9 Å². The molecule has 0 saturated carbocycles. The van der Waals surface area contributed by atoms with Crippen molar-refractivity contribution < 1.29 is 32.2 Å². The molecule has 1 saturated heterocycles. The van der Waals surface area contributed by atoms with E-state index >= 15 is 0 Å². The van der Waals surface area contributed by atoms with Gasteiger partial charge in [-0.1, -0.05) is 6.07 Å². The van der Waals surface area contributed by atoms with Gasteiger partial charge in [0.15, 0.2) is 11.5 Å². The number of rotatable bonds is 8. The van der Waals surface area contributed by atoms with Gasteiger partial charge in [0.25, 0.3) is 0 Å². The number of pyridine rings is 2. The van der Waals surface area contributed by atoms with Crippen molar-refractivity contribution in [2.45, 2.75) is 25.7 Å². The maximum Gasteiger partial charge on any atom is 0.573 e. The minimum atomic E-state index is -4.97. The predicted molar refractivity (Wildman–Crippen MR) is 129 cm³/mol. The van der Waals surface area contributed by atoms with E-state index in [4.69, 9.17) is 4.74 Å². The number of carbonyl (C=O) groups excluding carboxylic acids is 2. The van der Waals surface area contributed by atoms with Gasteiger partial charge in [-0.2, -0.15) is 0 Å². The van der Waals surface area contributed by atoms with E-state index in [0.717, 1.165) is 11.6 Å². The van der Waals surface area contributed by atoms with Crippen LogP contribution in [0.3, 0.4) is 0 Å². The van der Waals surface area contributed by atoms with Crippen LogP contribution in [0.15, 0.2) is 61.1 Å². The van der Waals surface area contributed by atoms with Crippen molar-refractivity contribution in [2.75, 3.05) is 31.6 Å². The summed E-state index contributed by atoms with van der Waals surface area (Å²) >= 11 is 0. The second-order valence-electron chi connectivity index (χ2n) is 8.47. The van der Waals surface area contributed by atoms with Crippen LogP contribution in [0.4, 0.5) is 18.9 Å². The lowest BCUT2D eigenvalue weighted by atomic mass is 10.0. The van der Waals surface area contributed by atoms with Crippen LogP contribution in [0, 0.1) is 0 Å². The van der Waals surface area contributed by atoms with E-state index < -0.39 is 24.1 Å². The van der Waals surface area contributed by atoms with Crippen LogP contribution < -0.4 is 10.1 Å². The molecule has 0 aliphatic carbocycles. The third kappa shape index (κ3) is 7.11. The molecular formula is C26H25F3N4O4. The number of benzene rings is 1. The largest absolute Gasteiger partial charge is 0.573 e. The number of nitrogens with zero attached hydrogens (tertiary/aromatic N) is 3. The molecule has 1 atom stereocenters. The highest BCUT2D eigenvalue weighted by Gasteiger charge is 2.33. The van der Waals surface area contributed by atoms with Gasteiger partial charge < -0.3 is 14.8 Å². The molecule has 1 aliphatic heterocycles. The summed E-state index contributed by atoms with van der Waals surface area (Å²) in [6.45, 7) is 3.62. The van der Waals surface area contributed by atoms with Crippen molar-refractivity contribution in [3.05, 3.63) is 72.2 Å². The Kier molecular flexibility index (Phi) is 8.14. The molecular weight excluding hydrogens is 489 g/mol. The Morgan fingerprint density at radius 1 is 1.14 bits per heavy atom. The maximum absolute atomic E-state index is 13.0. The minimum Gasteiger partial charge on any atom is -0.404 e. The standard InChI is InChI=1S/C26H25F3N4O4/c1-17(33-9-11-36-12-10-33)25(35)32-22-14-19(5-7-24(22)37-26(27,28)29)23(34)13-18-4-6-21(31-15-18)20-3-2-8-30-16-20/h2-8,14-17H,9-13H2,1H3,(H,32,35). The zero-order valence-corrected chi connectivity index (χ0v) is 20.0. The van der Waals surface area contributed by atoms with E-state index in [1.165, 1.54) is 12.1 Å². The van der Waals surface area contributed by atoms with Crippen molar-refractivity contribution in [3.8, 4) is 17.0 Å². The zero-order chi connectivity index (χ0) is 26.4. The number of hydrogen-bond donors (Lipinski definition) is 1. The summed E-state index contributed by atoms with van der Waals surface area (Å²) in [6, 6.07) is 10.0. The van der Waals surface area contributed by atoms with Crippen LogP contribution in [0.5, 0.6) is 5.75 Å². The molecule has 194 valence electrons. The molecule has 1 aromatic carbocycles. The lowest BCUT2D eigenvalue weighted by molar-refractivity contribution is -0.274. The number of halogens is 3. The second-order valence-corrected chi connectivity index (χ2v) is 8.47. The summed E-state index contributed by atoms with van der Waals surface area (Å²) in [6.07, 6.45) is -0.108. The number of Topliss-reactive ketones (excluding diaryl/α,β-unsaturated/α-hetero) is 1. The summed E-state index contributed by atoms with van der Waals surface area (Å²) in [7, 11) is 0. The first-order chi connectivity index (χ1) is 17.7. The van der Waals surface area contributed by atoms with Gasteiger partial charge in [-0.3, -0.25) is 24.5 Å². The maximum atomic E-state index is 13.0. The van der Waals surface area contributed by atoms with Gasteiger partial charge in [0.1, 0.15) is 0 Å². The summed E-state index contributed by atoms with van der Waals surface area (Å²) in [5, 5.41) is 2.50. The number of ketones is 1. The van der Waals surface area contributed by atoms with E-state index in [9.17, 15) is 22.8 Å². The van der Waals surface area contributed by atoms with E-state index in [0.29, 0.717) is 37.6 Å². The first-order valence-corrected chi connectivity index (χ1v) is 11.6. The fourth-order valence-electron chi connectivity index (χ4n) is 3.88. The Morgan fingerprint density at radius 2 is 1.92 bits per heavy atom. The Labute approximate surface area is 211 Å². The van der Waals surface area contributed by atoms with Crippen LogP contribution >= 0.6 is 0 Å². The molecule has 1 N–H and O–H groups in total. The molecule has 2 aromatic heterocycles. The fraction of sp³-hybridized carbons (Fsp3) is 0.308. The third-order valence-corrected chi connectivity index (χ3v) is 5.90. The fourth-order valence-corrected chi connectivity index (χ4v) is 3.88. The van der Waals surface area contributed by atoms with Gasteiger partial charge in [-0.25, -0.2) is 0 Å². The van der Waals surface area contributed by atoms with Crippen molar-refractivity contribution in [1.29, 1.82) is 0 Å². The number of morpholine rings is 1. The van der Waals surface area contributed by atoms with Crippen LogP contribution in [0.25, 0.3) is 11.3 Å². The first kappa shape index (κ1) is 26.2.